The van der Waals surface area contributed by atoms with Crippen molar-refractivity contribution in [3.8, 4) is 34.1 Å². The van der Waals surface area contributed by atoms with Crippen LogP contribution in [0.1, 0.15) is 30.4 Å². The van der Waals surface area contributed by atoms with E-state index in [0.29, 0.717) is 41.7 Å². The molecule has 6 heteroatoms. The van der Waals surface area contributed by atoms with Crippen molar-refractivity contribution in [2.45, 2.75) is 38.2 Å². The third kappa shape index (κ3) is 3.71. The van der Waals surface area contributed by atoms with E-state index in [9.17, 15) is 20.1 Å². The Bertz CT molecular complexity index is 858. The average Bonchev–Trinajstić information content (AvgIpc) is 2.66. The maximum atomic E-state index is 12.3. The van der Waals surface area contributed by atoms with Crippen LogP contribution in [-0.2, 0) is 17.6 Å². The molecule has 0 aliphatic heterocycles. The number of phenols is 2. The van der Waals surface area contributed by atoms with E-state index in [2.05, 4.69) is 0 Å². The summed E-state index contributed by atoms with van der Waals surface area (Å²) in [6.45, 7) is 0. The molecule has 0 heterocycles. The quantitative estimate of drug-likeness (QED) is 0.750. The minimum absolute atomic E-state index is 0.0184. The number of carbonyl (C=O) groups is 1. The number of aryl methyl sites for hydroxylation is 1. The smallest absolute Gasteiger partial charge is 0.203 e. The van der Waals surface area contributed by atoms with Gasteiger partial charge in [-0.05, 0) is 48.6 Å². The van der Waals surface area contributed by atoms with Gasteiger partial charge in [-0.15, -0.1) is 0 Å². The Hall–Kier alpha value is -2.73. The molecule has 0 saturated heterocycles. The van der Waals surface area contributed by atoms with Gasteiger partial charge in [0.05, 0.1) is 14.2 Å². The van der Waals surface area contributed by atoms with Gasteiger partial charge >= 0.3 is 0 Å². The first-order chi connectivity index (χ1) is 13.0. The highest BCUT2D eigenvalue weighted by Crippen LogP contribution is 2.48. The molecule has 1 unspecified atom stereocenters. The average molecular weight is 372 g/mol. The molecule has 2 aromatic rings. The van der Waals surface area contributed by atoms with Crippen molar-refractivity contribution < 1.29 is 29.6 Å². The van der Waals surface area contributed by atoms with Crippen LogP contribution in [0.15, 0.2) is 24.3 Å². The number of Topliss-reactive ketones (excluding diaryl/α,β-unsaturated/α-hetero) is 1. The molecule has 0 saturated carbocycles. The number of benzene rings is 2. The van der Waals surface area contributed by atoms with Crippen LogP contribution in [-0.4, -0.2) is 41.4 Å². The van der Waals surface area contributed by atoms with Crippen LogP contribution >= 0.6 is 0 Å². The lowest BCUT2D eigenvalue weighted by molar-refractivity contribution is -0.126. The summed E-state index contributed by atoms with van der Waals surface area (Å²) in [7, 11) is 2.96. The van der Waals surface area contributed by atoms with Gasteiger partial charge in [-0.25, -0.2) is 0 Å². The molecule has 0 spiro atoms. The van der Waals surface area contributed by atoms with Gasteiger partial charge in [0.15, 0.2) is 17.3 Å². The van der Waals surface area contributed by atoms with Crippen LogP contribution in [0.5, 0.6) is 23.0 Å². The van der Waals surface area contributed by atoms with Crippen molar-refractivity contribution in [1.82, 2.24) is 0 Å². The number of carbonyl (C=O) groups excluding carboxylic acids is 1. The van der Waals surface area contributed by atoms with E-state index in [0.717, 1.165) is 12.0 Å². The van der Waals surface area contributed by atoms with E-state index in [4.69, 9.17) is 9.47 Å². The molecule has 0 amide bonds. The third-order valence-corrected chi connectivity index (χ3v) is 4.97. The second kappa shape index (κ2) is 7.88. The zero-order valence-corrected chi connectivity index (χ0v) is 15.5. The van der Waals surface area contributed by atoms with Gasteiger partial charge in [0.2, 0.25) is 5.75 Å². The van der Waals surface area contributed by atoms with Crippen molar-refractivity contribution in [3.05, 3.63) is 35.4 Å². The number of aliphatic hydroxyl groups excluding tert-OH is 1. The number of fused-ring (bicyclic) bond motifs is 5. The maximum absolute atomic E-state index is 12.3. The van der Waals surface area contributed by atoms with E-state index >= 15 is 0 Å². The van der Waals surface area contributed by atoms with Crippen LogP contribution in [0.25, 0.3) is 11.1 Å². The van der Waals surface area contributed by atoms with Crippen molar-refractivity contribution in [3.63, 3.8) is 0 Å². The Labute approximate surface area is 158 Å². The Balaban J connectivity index is 2.23. The van der Waals surface area contributed by atoms with E-state index in [1.807, 2.05) is 0 Å². The lowest BCUT2D eigenvalue weighted by Gasteiger charge is -2.18. The van der Waals surface area contributed by atoms with Crippen LogP contribution < -0.4 is 9.47 Å². The number of rotatable bonds is 2. The summed E-state index contributed by atoms with van der Waals surface area (Å²) in [6.07, 6.45) is 1.49. The summed E-state index contributed by atoms with van der Waals surface area (Å²) < 4.78 is 10.8. The Morgan fingerprint density at radius 1 is 1.00 bits per heavy atom. The number of hydrogen-bond donors (Lipinski definition) is 3. The number of methoxy groups -OCH3 is 2. The number of phenolic OH excluding ortho intramolecular Hbond substituents is 2. The zero-order valence-electron chi connectivity index (χ0n) is 15.5. The number of aromatic hydroxyl groups is 2. The number of aliphatic hydroxyl groups is 1. The summed E-state index contributed by atoms with van der Waals surface area (Å²) in [5, 5.41) is 31.2. The largest absolute Gasteiger partial charge is 0.507 e. The molecule has 0 aromatic heterocycles. The fourth-order valence-corrected chi connectivity index (χ4v) is 3.53. The molecule has 6 nitrogen and oxygen atoms in total. The molecule has 1 aliphatic rings. The first-order valence-corrected chi connectivity index (χ1v) is 8.96. The lowest BCUT2D eigenvalue weighted by Crippen LogP contribution is -2.22. The number of ether oxygens (including phenoxy) is 2. The molecule has 0 radical (unpaired) electrons. The summed E-state index contributed by atoms with van der Waals surface area (Å²) in [5.74, 6) is 0.250. The SMILES string of the molecule is COc1c2cc(c(O)c1OC)-c1cc(ccc1O)CC(=O)C(O)CCCC2. The van der Waals surface area contributed by atoms with E-state index in [1.54, 1.807) is 18.2 Å². The fraction of sp³-hybridized carbons (Fsp3) is 0.381. The van der Waals surface area contributed by atoms with Gasteiger partial charge < -0.3 is 24.8 Å². The second-order valence-corrected chi connectivity index (χ2v) is 6.75. The molecular weight excluding hydrogens is 348 g/mol. The maximum Gasteiger partial charge on any atom is 0.203 e. The van der Waals surface area contributed by atoms with Crippen molar-refractivity contribution >= 4 is 5.78 Å². The van der Waals surface area contributed by atoms with Crippen molar-refractivity contribution in [1.29, 1.82) is 0 Å². The number of ketones is 1. The number of hydrogen-bond acceptors (Lipinski definition) is 6. The molecule has 1 atom stereocenters. The molecule has 0 fully saturated rings. The molecular formula is C21H24O6. The van der Waals surface area contributed by atoms with Gasteiger partial charge in [0.25, 0.3) is 0 Å². The molecule has 1 aliphatic carbocycles. The minimum Gasteiger partial charge on any atom is -0.507 e. The lowest BCUT2D eigenvalue weighted by atomic mass is 9.95. The van der Waals surface area contributed by atoms with Crippen LogP contribution in [0, 0.1) is 0 Å². The minimum atomic E-state index is -1.00. The summed E-state index contributed by atoms with van der Waals surface area (Å²) in [6, 6.07) is 6.57. The standard InChI is InChI=1S/C21H24O6/c1-26-20-13-5-3-4-6-17(23)18(24)10-12-7-8-16(22)14(9-12)15(11-13)19(25)21(20)27-2/h7-9,11,17,22-23,25H,3-6,10H2,1-2H3. The normalized spacial score (nSPS) is 17.4. The molecule has 27 heavy (non-hydrogen) atoms. The van der Waals surface area contributed by atoms with E-state index in [1.165, 1.54) is 20.3 Å². The van der Waals surface area contributed by atoms with Gasteiger partial charge in [-0.3, -0.25) is 4.79 Å². The molecule has 3 N–H and O–H groups in total. The summed E-state index contributed by atoms with van der Waals surface area (Å²) >= 11 is 0. The Kier molecular flexibility index (Phi) is 5.56. The monoisotopic (exact) mass is 372 g/mol. The molecule has 3 rings (SSSR count). The van der Waals surface area contributed by atoms with Crippen LogP contribution in [0.3, 0.4) is 0 Å². The molecule has 144 valence electrons. The highest BCUT2D eigenvalue weighted by atomic mass is 16.5. The summed E-state index contributed by atoms with van der Waals surface area (Å²) in [4.78, 5) is 12.3. The van der Waals surface area contributed by atoms with Crippen molar-refractivity contribution in [2.75, 3.05) is 14.2 Å². The van der Waals surface area contributed by atoms with Crippen molar-refractivity contribution in [2.24, 2.45) is 0 Å². The Morgan fingerprint density at radius 2 is 1.74 bits per heavy atom. The predicted molar refractivity (Wildman–Crippen MR) is 101 cm³/mol. The van der Waals surface area contributed by atoms with Crippen LogP contribution in [0.4, 0.5) is 0 Å². The fourth-order valence-electron chi connectivity index (χ4n) is 3.53. The highest BCUT2D eigenvalue weighted by Gasteiger charge is 2.23. The topological polar surface area (TPSA) is 96.2 Å². The predicted octanol–water partition coefficient (Wildman–Crippen LogP) is 2.98. The first kappa shape index (κ1) is 19.0. The summed E-state index contributed by atoms with van der Waals surface area (Å²) in [5.41, 5.74) is 2.29. The second-order valence-electron chi connectivity index (χ2n) is 6.75. The van der Waals surface area contributed by atoms with Gasteiger partial charge in [0, 0.05) is 17.5 Å². The van der Waals surface area contributed by atoms with Gasteiger partial charge in [0.1, 0.15) is 11.9 Å². The molecule has 4 bridgehead atoms. The van der Waals surface area contributed by atoms with Gasteiger partial charge in [-0.1, -0.05) is 12.5 Å². The third-order valence-electron chi connectivity index (χ3n) is 4.97. The van der Waals surface area contributed by atoms with E-state index in [-0.39, 0.29) is 29.5 Å². The highest BCUT2D eigenvalue weighted by molar-refractivity contribution is 5.86. The van der Waals surface area contributed by atoms with Crippen LogP contribution in [0.2, 0.25) is 0 Å². The van der Waals surface area contributed by atoms with Gasteiger partial charge in [-0.2, -0.15) is 0 Å². The molecule has 2 aromatic carbocycles. The Morgan fingerprint density at radius 3 is 2.44 bits per heavy atom. The van der Waals surface area contributed by atoms with E-state index < -0.39 is 6.10 Å². The zero-order chi connectivity index (χ0) is 19.6. The first-order valence-electron chi connectivity index (χ1n) is 8.96.